The molecule has 36 nitrogen and oxygen atoms in total. The standard InChI is InChI=1S/C37H51N14O22P3/c1-47(2)22(54)8-15-18(70-33(25(15)55)51-14-48(3)24-31(51)45-36(39)46-32(24)58)10-67-74(60,61)72-76(64,65)73-75(62,63)68-11-19-16(28(66-4)35(71-19)50-13-43-23-29(38)41-12-42-30(23)50)7-21(53)40-9-17-26(56)27(57)34(69-17)49-6-5-20(52)44-37(49)59/h5-6,12-19,25-28,33-35,55-57H,7-11H2,1-4H3,(H9-,38,39,40,41,42,44,45,46,52,53,58,59,60,61,62,63,64,65)/p+1/t15-,16-,17-,18-,19-,25-,26-,27-,28-,33?,34-,35-/m1/s1. The maximum Gasteiger partial charge on any atom is 0.490 e. The van der Waals surface area contributed by atoms with E-state index in [1.54, 1.807) is 0 Å². The lowest BCUT2D eigenvalue weighted by Gasteiger charge is -2.24. The van der Waals surface area contributed by atoms with Gasteiger partial charge in [-0.3, -0.25) is 51.9 Å². The number of aliphatic hydroxyl groups is 3. The molecular weight excluding hydrogens is 1090 g/mol. The number of nitrogen functional groups attached to an aromatic ring is 2. The number of amides is 2. The highest BCUT2D eigenvalue weighted by molar-refractivity contribution is 7.66. The van der Waals surface area contributed by atoms with Crippen molar-refractivity contribution in [2.24, 2.45) is 18.9 Å². The first kappa shape index (κ1) is 56.5. The molecular formula is C37H52N14O22P3+. The number of hydrogen-bond acceptors (Lipinski definition) is 25. The van der Waals surface area contributed by atoms with Gasteiger partial charge in [0.2, 0.25) is 23.6 Å². The Hall–Kier alpha value is -5.75. The van der Waals surface area contributed by atoms with Gasteiger partial charge in [-0.25, -0.2) is 38.0 Å². The number of anilines is 2. The fourth-order valence-corrected chi connectivity index (χ4v) is 12.5. The summed E-state index contributed by atoms with van der Waals surface area (Å²) in [6.45, 7) is -2.52. The number of carbonyl (C=O) groups excluding carboxylic acids is 2. The van der Waals surface area contributed by atoms with Crippen molar-refractivity contribution in [1.82, 2.24) is 53.8 Å². The summed E-state index contributed by atoms with van der Waals surface area (Å²) in [6.07, 6.45) is -10.7. The zero-order valence-electron chi connectivity index (χ0n) is 40.1. The lowest BCUT2D eigenvalue weighted by atomic mass is 9.93. The second-order valence-electron chi connectivity index (χ2n) is 17.7. The number of nitrogens with one attached hydrogen (secondary N) is 3. The maximum absolute atomic E-state index is 13.6. The predicted octanol–water partition coefficient (Wildman–Crippen LogP) is -4.52. The molecule has 0 aliphatic carbocycles. The van der Waals surface area contributed by atoms with Crippen LogP contribution in [-0.4, -0.2) is 174 Å². The monoisotopic (exact) mass is 1140 g/mol. The van der Waals surface area contributed by atoms with E-state index in [9.17, 15) is 67.7 Å². The van der Waals surface area contributed by atoms with Crippen molar-refractivity contribution < 1.29 is 94.5 Å². The molecule has 5 aromatic rings. The van der Waals surface area contributed by atoms with E-state index in [0.29, 0.717) is 0 Å². The number of aromatic amines is 2. The van der Waals surface area contributed by atoms with E-state index in [-0.39, 0.29) is 34.1 Å². The number of phosphoric acid groups is 3. The number of ether oxygens (including phenoxy) is 4. The van der Waals surface area contributed by atoms with Crippen LogP contribution in [0, 0.1) is 11.8 Å². The van der Waals surface area contributed by atoms with Crippen molar-refractivity contribution in [3.63, 3.8) is 0 Å². The number of methoxy groups -OCH3 is 1. The molecule has 416 valence electrons. The Morgan fingerprint density at radius 2 is 1.51 bits per heavy atom. The van der Waals surface area contributed by atoms with Gasteiger partial charge in [-0.15, -0.1) is 0 Å². The molecule has 0 bridgehead atoms. The molecule has 3 fully saturated rings. The lowest BCUT2D eigenvalue weighted by molar-refractivity contribution is -0.745. The number of carbonyl (C=O) groups is 2. The third-order valence-electron chi connectivity index (χ3n) is 12.5. The molecule has 76 heavy (non-hydrogen) atoms. The topological polar surface area (TPSA) is 501 Å². The fourth-order valence-electron chi connectivity index (χ4n) is 8.95. The van der Waals surface area contributed by atoms with Crippen molar-refractivity contribution >= 4 is 69.4 Å². The van der Waals surface area contributed by atoms with E-state index in [0.717, 1.165) is 23.2 Å². The summed E-state index contributed by atoms with van der Waals surface area (Å²) in [5.74, 6) is -4.01. The summed E-state index contributed by atoms with van der Waals surface area (Å²) in [5, 5.41) is 35.4. The number of nitrogens with two attached hydrogens (primary N) is 2. The van der Waals surface area contributed by atoms with Crippen molar-refractivity contribution in [3.8, 4) is 0 Å². The Kier molecular flexibility index (Phi) is 16.3. The predicted molar refractivity (Wildman–Crippen MR) is 249 cm³/mol. The number of aromatic nitrogens is 10. The van der Waals surface area contributed by atoms with Crippen LogP contribution in [0.3, 0.4) is 0 Å². The van der Waals surface area contributed by atoms with Crippen molar-refractivity contribution in [2.75, 3.05) is 52.4 Å². The van der Waals surface area contributed by atoms with E-state index in [4.69, 9.17) is 39.5 Å². The normalized spacial score (nSPS) is 29.1. The SMILES string of the molecule is CO[C@@H]1[C@H](CC(=O)NC[C@H]2O[C@@H](n3ccc(=O)[nH]c3=O)[C@H](O)[C@@H]2O)[C@@H](COP(=O)(O)OP(=O)(O)OP(=O)(O)OC[C@H]2OC([n+]3cn(C)c4c(=O)[nH]c(N)nc43)[C@H](O)[C@@H]2CC(=O)N(C)C)O[C@H]1n1cnc2c(N)ncnc21. The second-order valence-corrected chi connectivity index (χ2v) is 22.3. The molecule has 0 saturated carbocycles. The Labute approximate surface area is 424 Å². The van der Waals surface area contributed by atoms with Gasteiger partial charge in [0, 0.05) is 64.7 Å². The van der Waals surface area contributed by atoms with E-state index < -0.39 is 158 Å². The van der Waals surface area contributed by atoms with Crippen LogP contribution in [0.4, 0.5) is 11.8 Å². The molecule has 13 N–H and O–H groups in total. The first-order valence-corrected chi connectivity index (χ1v) is 26.9. The maximum atomic E-state index is 13.6. The first-order chi connectivity index (χ1) is 35.7. The van der Waals surface area contributed by atoms with E-state index in [1.165, 1.54) is 59.5 Å². The molecule has 2 amide bonds. The molecule has 0 aromatic carbocycles. The summed E-state index contributed by atoms with van der Waals surface area (Å²) in [7, 11) is -12.3. The van der Waals surface area contributed by atoms with Gasteiger partial charge in [0.15, 0.2) is 30.2 Å². The van der Waals surface area contributed by atoms with Crippen LogP contribution in [0.5, 0.6) is 0 Å². The Morgan fingerprint density at radius 1 is 0.855 bits per heavy atom. The first-order valence-electron chi connectivity index (χ1n) is 22.4. The second kappa shape index (κ2) is 21.9. The quantitative estimate of drug-likeness (QED) is 0.0258. The lowest BCUT2D eigenvalue weighted by Crippen LogP contribution is -2.45. The number of aliphatic hydroxyl groups excluding tert-OH is 3. The van der Waals surface area contributed by atoms with E-state index >= 15 is 0 Å². The van der Waals surface area contributed by atoms with E-state index in [2.05, 4.69) is 38.9 Å². The average molecular weight is 1140 g/mol. The summed E-state index contributed by atoms with van der Waals surface area (Å²) >= 11 is 0. The van der Waals surface area contributed by atoms with Gasteiger partial charge in [-0.2, -0.15) is 8.62 Å². The molecule has 8 rings (SSSR count). The Balaban J connectivity index is 0.938. The van der Waals surface area contributed by atoms with Crippen LogP contribution >= 0.6 is 23.5 Å². The average Bonchev–Trinajstić information content (AvgIpc) is 4.16. The molecule has 8 heterocycles. The minimum atomic E-state index is -6.15. The zero-order valence-corrected chi connectivity index (χ0v) is 42.8. The van der Waals surface area contributed by atoms with Gasteiger partial charge in [0.05, 0.1) is 38.8 Å². The van der Waals surface area contributed by atoms with E-state index in [1.807, 2.05) is 4.98 Å². The van der Waals surface area contributed by atoms with Crippen molar-refractivity contribution in [3.05, 3.63) is 62.4 Å². The van der Waals surface area contributed by atoms with Crippen LogP contribution < -0.4 is 38.2 Å². The van der Waals surface area contributed by atoms with Crippen molar-refractivity contribution in [1.29, 1.82) is 0 Å². The van der Waals surface area contributed by atoms with Crippen LogP contribution in [0.1, 0.15) is 31.5 Å². The van der Waals surface area contributed by atoms with Gasteiger partial charge < -0.3 is 70.6 Å². The summed E-state index contributed by atoms with van der Waals surface area (Å²) in [6, 6.07) is 0.986. The minimum absolute atomic E-state index is 0.00670. The van der Waals surface area contributed by atoms with Crippen LogP contribution in [0.15, 0.2) is 45.6 Å². The molecule has 3 aliphatic heterocycles. The molecule has 39 heteroatoms. The van der Waals surface area contributed by atoms with Crippen LogP contribution in [0.2, 0.25) is 0 Å². The fraction of sp³-hybridized carbons (Fsp3) is 0.568. The smallest absolute Gasteiger partial charge is 0.387 e. The minimum Gasteiger partial charge on any atom is -0.387 e. The van der Waals surface area contributed by atoms with Gasteiger partial charge in [-0.1, -0.05) is 4.98 Å². The molecule has 3 aliphatic rings. The summed E-state index contributed by atoms with van der Waals surface area (Å²) in [4.78, 5) is 117. The van der Waals surface area contributed by atoms with Gasteiger partial charge >= 0.3 is 34.8 Å². The highest BCUT2D eigenvalue weighted by atomic mass is 31.3. The molecule has 5 aromatic heterocycles. The van der Waals surface area contributed by atoms with Gasteiger partial charge in [0.25, 0.3) is 17.1 Å². The van der Waals surface area contributed by atoms with Gasteiger partial charge in [-0.05, 0) is 0 Å². The number of aryl methyl sites for hydroxylation is 1. The van der Waals surface area contributed by atoms with Crippen LogP contribution in [0.25, 0.3) is 22.3 Å². The number of fused-ring (bicyclic) bond motifs is 2. The number of imidazole rings is 2. The largest absolute Gasteiger partial charge is 0.490 e. The third kappa shape index (κ3) is 11.9. The number of nitrogens with zero attached hydrogens (tertiary/aromatic N) is 9. The summed E-state index contributed by atoms with van der Waals surface area (Å²) in [5.41, 5.74) is 9.60. The number of rotatable bonds is 20. The summed E-state index contributed by atoms with van der Waals surface area (Å²) < 4.78 is 86.5. The van der Waals surface area contributed by atoms with Gasteiger partial charge in [0.1, 0.15) is 42.4 Å². The Bertz CT molecular complexity index is 3330. The Morgan fingerprint density at radius 3 is 2.16 bits per heavy atom. The molecule has 0 spiro atoms. The number of phosphoric ester groups is 2. The molecule has 15 atom stereocenters. The number of hydrogen-bond donors (Lipinski definition) is 11. The third-order valence-corrected chi connectivity index (χ3v) is 16.8. The highest BCUT2D eigenvalue weighted by Gasteiger charge is 2.52. The molecule has 4 unspecified atom stereocenters. The zero-order chi connectivity index (χ0) is 55.3. The number of H-pyrrole nitrogens is 2. The molecule has 3 saturated heterocycles. The van der Waals surface area contributed by atoms with Crippen LogP contribution in [-0.2, 0) is 66.9 Å². The molecule has 0 radical (unpaired) electrons. The highest BCUT2D eigenvalue weighted by Crippen LogP contribution is 2.68. The van der Waals surface area contributed by atoms with Crippen molar-refractivity contribution in [2.45, 2.75) is 74.3 Å².